The molecule has 0 aliphatic rings. The van der Waals surface area contributed by atoms with E-state index in [1.165, 1.54) is 0 Å². The molecule has 0 radical (unpaired) electrons. The van der Waals surface area contributed by atoms with Crippen LogP contribution in [0.5, 0.6) is 0 Å². The SMILES string of the molecule is CCCNC(CCn1ccnc1CC)C(N)=O. The molecule has 1 heterocycles. The molecule has 0 aliphatic heterocycles. The summed E-state index contributed by atoms with van der Waals surface area (Å²) < 4.78 is 2.07. The zero-order valence-corrected chi connectivity index (χ0v) is 10.6. The number of aryl methyl sites for hydroxylation is 2. The molecule has 1 rings (SSSR count). The van der Waals surface area contributed by atoms with Gasteiger partial charge >= 0.3 is 0 Å². The molecule has 0 saturated heterocycles. The number of nitrogens with one attached hydrogen (secondary N) is 1. The van der Waals surface area contributed by atoms with Crippen LogP contribution in [0.25, 0.3) is 0 Å². The molecule has 5 nitrogen and oxygen atoms in total. The van der Waals surface area contributed by atoms with E-state index in [1.807, 2.05) is 6.20 Å². The first-order valence-electron chi connectivity index (χ1n) is 6.21. The molecule has 0 aliphatic carbocycles. The molecule has 0 bridgehead atoms. The number of imidazole rings is 1. The van der Waals surface area contributed by atoms with Gasteiger partial charge in [0.15, 0.2) is 0 Å². The number of amides is 1. The van der Waals surface area contributed by atoms with Crippen LogP contribution >= 0.6 is 0 Å². The summed E-state index contributed by atoms with van der Waals surface area (Å²) in [4.78, 5) is 15.5. The van der Waals surface area contributed by atoms with Crippen LogP contribution < -0.4 is 11.1 Å². The first kappa shape index (κ1) is 13.7. The minimum absolute atomic E-state index is 0.248. The van der Waals surface area contributed by atoms with Crippen molar-refractivity contribution in [2.45, 2.75) is 45.7 Å². The van der Waals surface area contributed by atoms with Crippen molar-refractivity contribution in [3.05, 3.63) is 18.2 Å². The third-order valence-corrected chi connectivity index (χ3v) is 2.76. The molecule has 1 aromatic rings. The minimum Gasteiger partial charge on any atom is -0.368 e. The van der Waals surface area contributed by atoms with Gasteiger partial charge in [0.2, 0.25) is 5.91 Å². The summed E-state index contributed by atoms with van der Waals surface area (Å²) in [6.07, 6.45) is 6.33. The molecule has 0 aromatic carbocycles. The van der Waals surface area contributed by atoms with E-state index in [-0.39, 0.29) is 11.9 Å². The van der Waals surface area contributed by atoms with Gasteiger partial charge in [0.05, 0.1) is 6.04 Å². The van der Waals surface area contributed by atoms with Crippen LogP contribution in [0, 0.1) is 0 Å². The molecule has 1 unspecified atom stereocenters. The summed E-state index contributed by atoms with van der Waals surface area (Å²) in [7, 11) is 0. The van der Waals surface area contributed by atoms with Crippen molar-refractivity contribution in [1.82, 2.24) is 14.9 Å². The quantitative estimate of drug-likeness (QED) is 0.700. The molecule has 0 spiro atoms. The third-order valence-electron chi connectivity index (χ3n) is 2.76. The molecular formula is C12H22N4O. The predicted octanol–water partition coefficient (Wildman–Crippen LogP) is 0.689. The van der Waals surface area contributed by atoms with Crippen LogP contribution in [-0.4, -0.2) is 28.0 Å². The number of hydrogen-bond acceptors (Lipinski definition) is 3. The van der Waals surface area contributed by atoms with Crippen molar-refractivity contribution < 1.29 is 4.79 Å². The van der Waals surface area contributed by atoms with Crippen LogP contribution in [0.2, 0.25) is 0 Å². The first-order valence-corrected chi connectivity index (χ1v) is 6.21. The molecule has 96 valence electrons. The van der Waals surface area contributed by atoms with Gasteiger partial charge in [0.1, 0.15) is 5.82 Å². The Bertz CT molecular complexity index is 348. The second kappa shape index (κ2) is 7.06. The fraction of sp³-hybridized carbons (Fsp3) is 0.667. The van der Waals surface area contributed by atoms with Crippen molar-refractivity contribution in [3.8, 4) is 0 Å². The van der Waals surface area contributed by atoms with Crippen LogP contribution in [0.3, 0.4) is 0 Å². The van der Waals surface area contributed by atoms with Crippen molar-refractivity contribution in [2.24, 2.45) is 5.73 Å². The third kappa shape index (κ3) is 4.19. The summed E-state index contributed by atoms with van der Waals surface area (Å²) in [5.41, 5.74) is 5.36. The maximum Gasteiger partial charge on any atom is 0.234 e. The Labute approximate surface area is 102 Å². The summed E-state index contributed by atoms with van der Waals surface area (Å²) in [5.74, 6) is 0.764. The van der Waals surface area contributed by atoms with E-state index in [0.717, 1.165) is 31.8 Å². The number of hydrogen-bond donors (Lipinski definition) is 2. The Morgan fingerprint density at radius 3 is 2.94 bits per heavy atom. The Morgan fingerprint density at radius 2 is 2.35 bits per heavy atom. The highest BCUT2D eigenvalue weighted by Gasteiger charge is 2.14. The van der Waals surface area contributed by atoms with Crippen LogP contribution in [0.1, 0.15) is 32.5 Å². The fourth-order valence-corrected chi connectivity index (χ4v) is 1.79. The van der Waals surface area contributed by atoms with Gasteiger partial charge in [-0.2, -0.15) is 0 Å². The van der Waals surface area contributed by atoms with Gasteiger partial charge in [-0.3, -0.25) is 4.79 Å². The molecule has 5 heteroatoms. The van der Waals surface area contributed by atoms with Crippen LogP contribution in [0.4, 0.5) is 0 Å². The van der Waals surface area contributed by atoms with E-state index < -0.39 is 0 Å². The van der Waals surface area contributed by atoms with Gasteiger partial charge in [-0.25, -0.2) is 4.98 Å². The molecule has 17 heavy (non-hydrogen) atoms. The maximum absolute atomic E-state index is 11.3. The number of carbonyl (C=O) groups excluding carboxylic acids is 1. The number of rotatable bonds is 8. The summed E-state index contributed by atoms with van der Waals surface area (Å²) >= 11 is 0. The van der Waals surface area contributed by atoms with Crippen LogP contribution in [0.15, 0.2) is 12.4 Å². The largest absolute Gasteiger partial charge is 0.368 e. The van der Waals surface area contributed by atoms with E-state index >= 15 is 0 Å². The second-order valence-electron chi connectivity index (χ2n) is 4.09. The molecular weight excluding hydrogens is 216 g/mol. The highest BCUT2D eigenvalue weighted by Crippen LogP contribution is 2.02. The zero-order chi connectivity index (χ0) is 12.7. The molecule has 1 atom stereocenters. The summed E-state index contributed by atoms with van der Waals surface area (Å²) in [5, 5.41) is 3.16. The number of aromatic nitrogens is 2. The zero-order valence-electron chi connectivity index (χ0n) is 10.6. The van der Waals surface area contributed by atoms with E-state index in [2.05, 4.69) is 28.7 Å². The Morgan fingerprint density at radius 1 is 1.59 bits per heavy atom. The fourth-order valence-electron chi connectivity index (χ4n) is 1.79. The lowest BCUT2D eigenvalue weighted by Crippen LogP contribution is -2.42. The van der Waals surface area contributed by atoms with E-state index in [4.69, 9.17) is 5.73 Å². The van der Waals surface area contributed by atoms with E-state index in [0.29, 0.717) is 6.42 Å². The van der Waals surface area contributed by atoms with E-state index in [9.17, 15) is 4.79 Å². The van der Waals surface area contributed by atoms with Gasteiger partial charge in [-0.05, 0) is 19.4 Å². The average Bonchev–Trinajstić information content (AvgIpc) is 2.76. The van der Waals surface area contributed by atoms with Gasteiger partial charge in [-0.15, -0.1) is 0 Å². The van der Waals surface area contributed by atoms with Crippen molar-refractivity contribution in [2.75, 3.05) is 6.54 Å². The molecule has 3 N–H and O–H groups in total. The topological polar surface area (TPSA) is 72.9 Å². The molecule has 1 aromatic heterocycles. The summed E-state index contributed by atoms with van der Waals surface area (Å²) in [6.45, 7) is 5.72. The van der Waals surface area contributed by atoms with Gasteiger partial charge < -0.3 is 15.6 Å². The van der Waals surface area contributed by atoms with Gasteiger partial charge in [0.25, 0.3) is 0 Å². The lowest BCUT2D eigenvalue weighted by Gasteiger charge is -2.15. The Kier molecular flexibility index (Phi) is 5.69. The van der Waals surface area contributed by atoms with Crippen molar-refractivity contribution >= 4 is 5.91 Å². The Balaban J connectivity index is 2.48. The van der Waals surface area contributed by atoms with Crippen molar-refractivity contribution in [3.63, 3.8) is 0 Å². The number of carbonyl (C=O) groups is 1. The second-order valence-corrected chi connectivity index (χ2v) is 4.09. The van der Waals surface area contributed by atoms with E-state index in [1.54, 1.807) is 6.20 Å². The van der Waals surface area contributed by atoms with Crippen molar-refractivity contribution in [1.29, 1.82) is 0 Å². The highest BCUT2D eigenvalue weighted by atomic mass is 16.1. The lowest BCUT2D eigenvalue weighted by atomic mass is 10.2. The minimum atomic E-state index is -0.281. The number of nitrogens with two attached hydrogens (primary N) is 1. The first-order chi connectivity index (χ1) is 8.19. The van der Waals surface area contributed by atoms with Crippen LogP contribution in [-0.2, 0) is 17.8 Å². The normalized spacial score (nSPS) is 12.6. The van der Waals surface area contributed by atoms with Gasteiger partial charge in [-0.1, -0.05) is 13.8 Å². The lowest BCUT2D eigenvalue weighted by molar-refractivity contribution is -0.120. The number of nitrogens with zero attached hydrogens (tertiary/aromatic N) is 2. The average molecular weight is 238 g/mol. The summed E-state index contributed by atoms with van der Waals surface area (Å²) in [6, 6.07) is -0.248. The number of primary amides is 1. The standard InChI is InChI=1S/C12H22N4O/c1-3-6-14-10(12(13)17)5-8-16-9-7-15-11(16)4-2/h7,9-10,14H,3-6,8H2,1-2H3,(H2,13,17). The van der Waals surface area contributed by atoms with Gasteiger partial charge in [0, 0.05) is 25.4 Å². The Hall–Kier alpha value is -1.36. The predicted molar refractivity (Wildman–Crippen MR) is 67.5 cm³/mol. The molecule has 0 fully saturated rings. The highest BCUT2D eigenvalue weighted by molar-refractivity contribution is 5.79. The smallest absolute Gasteiger partial charge is 0.234 e. The maximum atomic E-state index is 11.3. The molecule has 1 amide bonds. The monoisotopic (exact) mass is 238 g/mol. The molecule has 0 saturated carbocycles.